The molecular weight excluding hydrogens is 218 g/mol. The molecule has 0 spiro atoms. The molecule has 4 heteroatoms. The van der Waals surface area contributed by atoms with Gasteiger partial charge in [-0.3, -0.25) is 0 Å². The van der Waals surface area contributed by atoms with Crippen molar-refractivity contribution in [3.05, 3.63) is 24.3 Å². The maximum atomic E-state index is 4.34. The van der Waals surface area contributed by atoms with Crippen molar-refractivity contribution < 1.29 is 0 Å². The Hall–Kier alpha value is -1.03. The summed E-state index contributed by atoms with van der Waals surface area (Å²) < 4.78 is 1.85. The molecule has 0 amide bonds. The van der Waals surface area contributed by atoms with E-state index < -0.39 is 0 Å². The normalized spacial score (nSPS) is 10.5. The lowest BCUT2D eigenvalue weighted by molar-refractivity contribution is 1.24. The molecule has 0 aliphatic rings. The Morgan fingerprint density at radius 2 is 2.17 bits per heavy atom. The maximum absolute atomic E-state index is 4.34. The Labute approximate surface area is 78.7 Å². The Bertz CT molecular complexity index is 408. The molecule has 1 aromatic heterocycles. The van der Waals surface area contributed by atoms with Gasteiger partial charge in [-0.15, -0.1) is 0 Å². The van der Waals surface area contributed by atoms with E-state index in [4.69, 9.17) is 0 Å². The molecule has 0 aliphatic carbocycles. The second kappa shape index (κ2) is 2.79. The summed E-state index contributed by atoms with van der Waals surface area (Å²) >= 11 is 3.40. The van der Waals surface area contributed by atoms with Crippen molar-refractivity contribution >= 4 is 33.1 Å². The van der Waals surface area contributed by atoms with Gasteiger partial charge in [0.05, 0.1) is 27.2 Å². The lowest BCUT2D eigenvalue weighted by atomic mass is 10.3. The van der Waals surface area contributed by atoms with Crippen molar-refractivity contribution in [3.8, 4) is 0 Å². The number of nitrogens with zero attached hydrogens (tertiary/aromatic N) is 2. The number of rotatable bonds is 1. The molecule has 0 radical (unpaired) electrons. The number of nitrogens with one attached hydrogen (secondary N) is 1. The summed E-state index contributed by atoms with van der Waals surface area (Å²) in [4.78, 5) is 4.34. The summed E-state index contributed by atoms with van der Waals surface area (Å²) in [5.41, 5.74) is 2.06. The molecule has 12 heavy (non-hydrogen) atoms. The van der Waals surface area contributed by atoms with E-state index in [2.05, 4.69) is 26.4 Å². The van der Waals surface area contributed by atoms with E-state index in [0.717, 1.165) is 17.0 Å². The van der Waals surface area contributed by atoms with E-state index in [-0.39, 0.29) is 0 Å². The molecule has 2 aromatic rings. The van der Waals surface area contributed by atoms with Gasteiger partial charge in [0.25, 0.3) is 0 Å². The number of para-hydroxylation sites is 2. The number of anilines is 1. The smallest absolute Gasteiger partial charge is 0.214 e. The Kier molecular flexibility index (Phi) is 1.77. The first-order valence-corrected chi connectivity index (χ1v) is 4.35. The van der Waals surface area contributed by atoms with Crippen LogP contribution in [0.5, 0.6) is 0 Å². The molecule has 1 N–H and O–H groups in total. The van der Waals surface area contributed by atoms with Gasteiger partial charge in [0.15, 0.2) is 0 Å². The molecule has 1 aromatic carbocycles. The van der Waals surface area contributed by atoms with E-state index >= 15 is 0 Å². The van der Waals surface area contributed by atoms with Gasteiger partial charge in [0, 0.05) is 7.05 Å². The lowest BCUT2D eigenvalue weighted by Gasteiger charge is -1.95. The van der Waals surface area contributed by atoms with E-state index in [1.165, 1.54) is 0 Å². The van der Waals surface area contributed by atoms with Crippen molar-refractivity contribution in [2.45, 2.75) is 0 Å². The van der Waals surface area contributed by atoms with Crippen LogP contribution in [0, 0.1) is 0 Å². The highest BCUT2D eigenvalue weighted by Crippen LogP contribution is 2.20. The molecule has 0 bridgehead atoms. The van der Waals surface area contributed by atoms with Crippen LogP contribution in [0.4, 0.5) is 5.95 Å². The van der Waals surface area contributed by atoms with Crippen molar-refractivity contribution in [2.75, 3.05) is 12.4 Å². The summed E-state index contributed by atoms with van der Waals surface area (Å²) in [5, 5.41) is 2.99. The van der Waals surface area contributed by atoms with Crippen LogP contribution < -0.4 is 5.32 Å². The molecule has 0 unspecified atom stereocenters. The first kappa shape index (κ1) is 7.61. The minimum atomic E-state index is 0.816. The summed E-state index contributed by atoms with van der Waals surface area (Å²) in [6, 6.07) is 7.95. The second-order valence-electron chi connectivity index (χ2n) is 2.45. The number of hydrogen-bond acceptors (Lipinski definition) is 2. The minimum Gasteiger partial charge on any atom is -0.358 e. The van der Waals surface area contributed by atoms with Gasteiger partial charge in [-0.25, -0.2) is 8.58 Å². The van der Waals surface area contributed by atoms with Crippen LogP contribution in [-0.4, -0.2) is 15.6 Å². The van der Waals surface area contributed by atoms with Crippen LogP contribution in [0.3, 0.4) is 0 Å². The monoisotopic (exact) mass is 225 g/mol. The number of fused-ring (bicyclic) bond motifs is 1. The van der Waals surface area contributed by atoms with Crippen LogP contribution in [0.25, 0.3) is 11.0 Å². The summed E-state index contributed by atoms with van der Waals surface area (Å²) in [6.07, 6.45) is 0. The SMILES string of the molecule is CNc1nc2ccccc2n1Br. The largest absolute Gasteiger partial charge is 0.358 e. The van der Waals surface area contributed by atoms with Gasteiger partial charge in [-0.05, 0) is 12.1 Å². The third-order valence-electron chi connectivity index (χ3n) is 1.73. The van der Waals surface area contributed by atoms with E-state index in [1.54, 1.807) is 0 Å². The molecule has 3 nitrogen and oxygen atoms in total. The van der Waals surface area contributed by atoms with Gasteiger partial charge < -0.3 is 5.32 Å². The highest BCUT2D eigenvalue weighted by atomic mass is 79.9. The van der Waals surface area contributed by atoms with Crippen molar-refractivity contribution in [1.29, 1.82) is 0 Å². The van der Waals surface area contributed by atoms with Gasteiger partial charge in [-0.2, -0.15) is 0 Å². The predicted molar refractivity (Wildman–Crippen MR) is 53.6 cm³/mol. The number of halogens is 1. The van der Waals surface area contributed by atoms with Crippen molar-refractivity contribution in [1.82, 2.24) is 8.58 Å². The molecule has 0 saturated heterocycles. The Morgan fingerprint density at radius 1 is 1.42 bits per heavy atom. The topological polar surface area (TPSA) is 29.9 Å². The fourth-order valence-electron chi connectivity index (χ4n) is 1.15. The average Bonchev–Trinajstić information content (AvgIpc) is 2.44. The zero-order valence-electron chi connectivity index (χ0n) is 6.58. The third-order valence-corrected chi connectivity index (χ3v) is 2.45. The van der Waals surface area contributed by atoms with Crippen LogP contribution in [0.15, 0.2) is 24.3 Å². The highest BCUT2D eigenvalue weighted by Gasteiger charge is 2.04. The summed E-state index contributed by atoms with van der Waals surface area (Å²) in [6.45, 7) is 0. The summed E-state index contributed by atoms with van der Waals surface area (Å²) in [5.74, 6) is 0.816. The highest BCUT2D eigenvalue weighted by molar-refractivity contribution is 9.08. The number of benzene rings is 1. The Balaban J connectivity index is 2.78. The minimum absolute atomic E-state index is 0.816. The second-order valence-corrected chi connectivity index (χ2v) is 3.16. The molecular formula is C8H8BrN3. The Morgan fingerprint density at radius 3 is 2.83 bits per heavy atom. The fraction of sp³-hybridized carbons (Fsp3) is 0.125. The van der Waals surface area contributed by atoms with Crippen LogP contribution in [0.2, 0.25) is 0 Å². The summed E-state index contributed by atoms with van der Waals surface area (Å²) in [7, 11) is 1.85. The molecule has 0 aliphatic heterocycles. The van der Waals surface area contributed by atoms with Crippen LogP contribution in [-0.2, 0) is 0 Å². The van der Waals surface area contributed by atoms with Crippen molar-refractivity contribution in [2.24, 2.45) is 0 Å². The van der Waals surface area contributed by atoms with Gasteiger partial charge in [0.2, 0.25) is 5.95 Å². The predicted octanol–water partition coefficient (Wildman–Crippen LogP) is 2.24. The fourth-order valence-corrected chi connectivity index (χ4v) is 1.71. The van der Waals surface area contributed by atoms with Gasteiger partial charge >= 0.3 is 0 Å². The molecule has 0 saturated carbocycles. The van der Waals surface area contributed by atoms with Gasteiger partial charge in [-0.1, -0.05) is 12.1 Å². The quantitative estimate of drug-likeness (QED) is 0.807. The third kappa shape index (κ3) is 0.992. The van der Waals surface area contributed by atoms with Gasteiger partial charge in [0.1, 0.15) is 0 Å². The lowest BCUT2D eigenvalue weighted by Crippen LogP contribution is -1.93. The molecule has 1 heterocycles. The van der Waals surface area contributed by atoms with Crippen molar-refractivity contribution in [3.63, 3.8) is 0 Å². The van der Waals surface area contributed by atoms with E-state index in [1.807, 2.05) is 34.9 Å². The number of aromatic nitrogens is 2. The molecule has 2 rings (SSSR count). The first-order valence-electron chi connectivity index (χ1n) is 3.64. The van der Waals surface area contributed by atoms with Crippen LogP contribution in [0.1, 0.15) is 0 Å². The maximum Gasteiger partial charge on any atom is 0.214 e. The average molecular weight is 226 g/mol. The zero-order chi connectivity index (χ0) is 8.55. The molecule has 0 atom stereocenters. The van der Waals surface area contributed by atoms with Crippen LogP contribution >= 0.6 is 16.1 Å². The van der Waals surface area contributed by atoms with E-state index in [0.29, 0.717) is 0 Å². The zero-order valence-corrected chi connectivity index (χ0v) is 8.17. The standard InChI is InChI=1S/C8H8BrN3/c1-10-8-11-6-4-2-3-5-7(6)12(8)9/h2-5H,1H3,(H,10,11). The first-order chi connectivity index (χ1) is 5.83. The molecule has 0 fully saturated rings. The molecule has 62 valence electrons. The van der Waals surface area contributed by atoms with E-state index in [9.17, 15) is 0 Å². The number of hydrogen-bond donors (Lipinski definition) is 1. The number of imidazole rings is 1.